The van der Waals surface area contributed by atoms with Gasteiger partial charge in [0.2, 0.25) is 0 Å². The van der Waals surface area contributed by atoms with Crippen LogP contribution >= 0.6 is 0 Å². The summed E-state index contributed by atoms with van der Waals surface area (Å²) in [6.45, 7) is 4.52. The molecule has 0 radical (unpaired) electrons. The topological polar surface area (TPSA) is 82.7 Å². The molecule has 2 aromatic carbocycles. The van der Waals surface area contributed by atoms with Gasteiger partial charge in [-0.15, -0.1) is 13.2 Å². The molecule has 0 spiro atoms. The third-order valence-electron chi connectivity index (χ3n) is 5.40. The second kappa shape index (κ2) is 11.2. The molecule has 10 heteroatoms. The summed E-state index contributed by atoms with van der Waals surface area (Å²) in [5.74, 6) is 0.226. The van der Waals surface area contributed by atoms with Crippen molar-refractivity contribution in [3.63, 3.8) is 0 Å². The molecule has 0 fully saturated rings. The van der Waals surface area contributed by atoms with Gasteiger partial charge in [0.05, 0.1) is 31.0 Å². The number of aromatic nitrogens is 2. The number of alkyl halides is 3. The first-order chi connectivity index (χ1) is 17.8. The van der Waals surface area contributed by atoms with Crippen LogP contribution in [0.2, 0.25) is 0 Å². The van der Waals surface area contributed by atoms with Crippen LogP contribution in [-0.4, -0.2) is 42.1 Å². The van der Waals surface area contributed by atoms with E-state index in [0.717, 1.165) is 10.9 Å². The number of fused-ring (bicyclic) bond motifs is 1. The maximum atomic E-state index is 12.8. The lowest BCUT2D eigenvalue weighted by Gasteiger charge is -2.10. The Morgan fingerprint density at radius 2 is 1.70 bits per heavy atom. The molecule has 4 rings (SSSR count). The Kier molecular flexibility index (Phi) is 7.86. The van der Waals surface area contributed by atoms with Gasteiger partial charge in [-0.2, -0.15) is 0 Å². The zero-order valence-corrected chi connectivity index (χ0v) is 20.2. The SMILES string of the molecule is CCOC(=O)c1[nH]c2c(-c3cccc(OCC)c3)nccc2c1CCOc1ccc(OC(F)(F)F)cc1. The van der Waals surface area contributed by atoms with E-state index in [4.69, 9.17) is 14.2 Å². The van der Waals surface area contributed by atoms with Crippen molar-refractivity contribution in [1.29, 1.82) is 0 Å². The van der Waals surface area contributed by atoms with Gasteiger partial charge in [-0.05, 0) is 61.9 Å². The first kappa shape index (κ1) is 25.9. The number of halogens is 3. The van der Waals surface area contributed by atoms with Crippen molar-refractivity contribution in [3.8, 4) is 28.5 Å². The minimum absolute atomic E-state index is 0.163. The predicted molar refractivity (Wildman–Crippen MR) is 131 cm³/mol. The molecule has 0 amide bonds. The van der Waals surface area contributed by atoms with Gasteiger partial charge in [0, 0.05) is 23.6 Å². The number of pyridine rings is 1. The van der Waals surface area contributed by atoms with Crippen molar-refractivity contribution in [2.45, 2.75) is 26.6 Å². The summed E-state index contributed by atoms with van der Waals surface area (Å²) < 4.78 is 57.6. The highest BCUT2D eigenvalue weighted by molar-refractivity contribution is 6.02. The fourth-order valence-corrected chi connectivity index (χ4v) is 3.94. The smallest absolute Gasteiger partial charge is 0.494 e. The van der Waals surface area contributed by atoms with Crippen LogP contribution in [0.4, 0.5) is 13.2 Å². The average molecular weight is 515 g/mol. The van der Waals surface area contributed by atoms with E-state index in [0.29, 0.717) is 47.0 Å². The van der Waals surface area contributed by atoms with E-state index >= 15 is 0 Å². The zero-order valence-electron chi connectivity index (χ0n) is 20.2. The maximum absolute atomic E-state index is 12.8. The molecule has 2 aromatic heterocycles. The third-order valence-corrected chi connectivity index (χ3v) is 5.40. The molecule has 0 saturated carbocycles. The number of ether oxygens (including phenoxy) is 4. The summed E-state index contributed by atoms with van der Waals surface area (Å²) in [4.78, 5) is 20.5. The average Bonchev–Trinajstić information content (AvgIpc) is 3.24. The molecule has 194 valence electrons. The van der Waals surface area contributed by atoms with E-state index in [-0.39, 0.29) is 19.0 Å². The Bertz CT molecular complexity index is 1370. The lowest BCUT2D eigenvalue weighted by Crippen LogP contribution is -2.17. The molecule has 2 heterocycles. The van der Waals surface area contributed by atoms with E-state index in [1.54, 1.807) is 13.1 Å². The van der Waals surface area contributed by atoms with E-state index in [9.17, 15) is 18.0 Å². The van der Waals surface area contributed by atoms with Crippen LogP contribution < -0.4 is 14.2 Å². The van der Waals surface area contributed by atoms with Gasteiger partial charge in [0.1, 0.15) is 22.9 Å². The third kappa shape index (κ3) is 6.32. The van der Waals surface area contributed by atoms with Crippen LogP contribution in [0.25, 0.3) is 22.2 Å². The highest BCUT2D eigenvalue weighted by Crippen LogP contribution is 2.32. The van der Waals surface area contributed by atoms with E-state index in [2.05, 4.69) is 14.7 Å². The summed E-state index contributed by atoms with van der Waals surface area (Å²) >= 11 is 0. The van der Waals surface area contributed by atoms with Crippen LogP contribution in [-0.2, 0) is 11.2 Å². The fraction of sp³-hybridized carbons (Fsp3) is 0.259. The highest BCUT2D eigenvalue weighted by atomic mass is 19.4. The number of benzene rings is 2. The molecule has 0 aliphatic carbocycles. The minimum atomic E-state index is -4.76. The number of rotatable bonds is 10. The Balaban J connectivity index is 1.61. The first-order valence-electron chi connectivity index (χ1n) is 11.7. The van der Waals surface area contributed by atoms with Crippen LogP contribution in [0, 0.1) is 0 Å². The Hall–Kier alpha value is -4.21. The monoisotopic (exact) mass is 514 g/mol. The second-order valence-corrected chi connectivity index (χ2v) is 7.86. The Morgan fingerprint density at radius 3 is 2.41 bits per heavy atom. The highest BCUT2D eigenvalue weighted by Gasteiger charge is 2.31. The summed E-state index contributed by atoms with van der Waals surface area (Å²) in [5, 5.41) is 0.785. The molecular formula is C27H25F3N2O5. The largest absolute Gasteiger partial charge is 0.573 e. The Labute approximate surface area is 211 Å². The van der Waals surface area contributed by atoms with Crippen LogP contribution in [0.1, 0.15) is 29.9 Å². The van der Waals surface area contributed by atoms with Crippen LogP contribution in [0.5, 0.6) is 17.2 Å². The van der Waals surface area contributed by atoms with Gasteiger partial charge in [0.25, 0.3) is 0 Å². The molecule has 0 aliphatic rings. The van der Waals surface area contributed by atoms with Gasteiger partial charge in [-0.1, -0.05) is 12.1 Å². The minimum Gasteiger partial charge on any atom is -0.494 e. The number of aromatic amines is 1. The molecule has 4 aromatic rings. The maximum Gasteiger partial charge on any atom is 0.573 e. The van der Waals surface area contributed by atoms with Gasteiger partial charge in [-0.3, -0.25) is 4.98 Å². The molecule has 0 aliphatic heterocycles. The summed E-state index contributed by atoms with van der Waals surface area (Å²) in [6.07, 6.45) is -2.77. The fourth-order valence-electron chi connectivity index (χ4n) is 3.94. The lowest BCUT2D eigenvalue weighted by atomic mass is 10.0. The Morgan fingerprint density at radius 1 is 0.946 bits per heavy atom. The predicted octanol–water partition coefficient (Wildman–Crippen LogP) is 6.33. The van der Waals surface area contributed by atoms with Crippen molar-refractivity contribution in [2.24, 2.45) is 0 Å². The summed E-state index contributed by atoms with van der Waals surface area (Å²) in [7, 11) is 0. The molecule has 0 atom stereocenters. The number of carbonyl (C=O) groups excluding carboxylic acids is 1. The van der Waals surface area contributed by atoms with Gasteiger partial charge in [0.15, 0.2) is 0 Å². The number of H-pyrrole nitrogens is 1. The number of esters is 1. The number of hydrogen-bond acceptors (Lipinski definition) is 6. The van der Waals surface area contributed by atoms with Crippen molar-refractivity contribution in [1.82, 2.24) is 9.97 Å². The van der Waals surface area contributed by atoms with Crippen molar-refractivity contribution in [3.05, 3.63) is 72.1 Å². The van der Waals surface area contributed by atoms with E-state index < -0.39 is 12.3 Å². The van der Waals surface area contributed by atoms with Gasteiger partial charge < -0.3 is 23.9 Å². The van der Waals surface area contributed by atoms with E-state index in [1.165, 1.54) is 24.3 Å². The van der Waals surface area contributed by atoms with Crippen LogP contribution in [0.15, 0.2) is 60.8 Å². The molecule has 0 saturated heterocycles. The number of nitrogens with zero attached hydrogens (tertiary/aromatic N) is 1. The first-order valence-corrected chi connectivity index (χ1v) is 11.7. The summed E-state index contributed by atoms with van der Waals surface area (Å²) in [6, 6.07) is 14.4. The molecule has 37 heavy (non-hydrogen) atoms. The quantitative estimate of drug-likeness (QED) is 0.249. The molecule has 0 bridgehead atoms. The normalized spacial score (nSPS) is 11.4. The molecule has 7 nitrogen and oxygen atoms in total. The lowest BCUT2D eigenvalue weighted by molar-refractivity contribution is -0.274. The van der Waals surface area contributed by atoms with Crippen molar-refractivity contribution in [2.75, 3.05) is 19.8 Å². The van der Waals surface area contributed by atoms with Crippen molar-refractivity contribution < 1.29 is 36.9 Å². The van der Waals surface area contributed by atoms with Gasteiger partial charge in [-0.25, -0.2) is 4.79 Å². The zero-order chi connectivity index (χ0) is 26.4. The number of carbonyl (C=O) groups is 1. The summed E-state index contributed by atoms with van der Waals surface area (Å²) in [5.41, 5.74) is 3.12. The second-order valence-electron chi connectivity index (χ2n) is 7.86. The number of nitrogens with one attached hydrogen (secondary N) is 1. The van der Waals surface area contributed by atoms with E-state index in [1.807, 2.05) is 37.3 Å². The molecule has 0 unspecified atom stereocenters. The molecular weight excluding hydrogens is 489 g/mol. The number of hydrogen-bond donors (Lipinski definition) is 1. The standard InChI is InChI=1S/C27H25F3N2O5/c1-3-34-20-7-5-6-17(16-20)23-24-21(12-14-31-23)22(25(32-24)26(33)35-4-2)13-15-36-18-8-10-19(11-9-18)37-27(28,29)30/h5-12,14,16,32H,3-4,13,15H2,1-2H3. The van der Waals surface area contributed by atoms with Crippen LogP contribution in [0.3, 0.4) is 0 Å². The molecule has 1 N–H and O–H groups in total. The van der Waals surface area contributed by atoms with Crippen molar-refractivity contribution >= 4 is 16.9 Å². The van der Waals surface area contributed by atoms with Gasteiger partial charge >= 0.3 is 12.3 Å².